The zero-order valence-corrected chi connectivity index (χ0v) is 41.5. The molecule has 4 N–H and O–H groups in total. The highest BCUT2D eigenvalue weighted by atomic mass is 16.5. The fourth-order valence-corrected chi connectivity index (χ4v) is 13.7. The first kappa shape index (κ1) is 46.6. The van der Waals surface area contributed by atoms with Gasteiger partial charge >= 0.3 is 12.2 Å². The molecule has 4 aromatic rings. The molecule has 4 saturated heterocycles. The van der Waals surface area contributed by atoms with E-state index >= 15 is 0 Å². The number of methoxy groups -OCH3 is 2. The van der Waals surface area contributed by atoms with Crippen molar-refractivity contribution in [1.82, 2.24) is 40.4 Å². The molecule has 11 rings (SSSR count). The first-order chi connectivity index (χ1) is 33.6. The maximum atomic E-state index is 14.8. The second-order valence-electron chi connectivity index (χ2n) is 22.4. The molecule has 70 heavy (non-hydrogen) atoms. The number of rotatable bonds is 11. The van der Waals surface area contributed by atoms with Gasteiger partial charge < -0.3 is 49.3 Å². The predicted molar refractivity (Wildman–Crippen MR) is 260 cm³/mol. The normalized spacial score (nSPS) is 32.0. The van der Waals surface area contributed by atoms with E-state index in [0.717, 1.165) is 109 Å². The summed E-state index contributed by atoms with van der Waals surface area (Å²) in [6.07, 6.45) is 12.6. The Morgan fingerprint density at radius 2 is 1.10 bits per heavy atom. The van der Waals surface area contributed by atoms with Crippen LogP contribution in [-0.2, 0) is 28.5 Å². The SMILES string of the molecule is COC(=O)N[C@H](C(=O)N1[C@@H](C)CC[C@H]1c1ncc(-c2ccc(-c3ccc(-c4cnc([C@@H]5CC[C@H](C)N5C(=O)[C@@H](NC(=O)OC)[C@@]56C[C@@H]5[C@@H](C)OC5(CC5)C6)[nH]4)cc3)cc2)[nH]1)[C@]1(C)CC(C)OC2(CC2)C1. The van der Waals surface area contributed by atoms with Crippen molar-refractivity contribution in [3.8, 4) is 33.6 Å². The number of hydrogen-bond acceptors (Lipinski definition) is 10. The van der Waals surface area contributed by atoms with Crippen molar-refractivity contribution >= 4 is 24.0 Å². The minimum atomic E-state index is -0.770. The number of carbonyl (C=O) groups excluding carboxylic acids is 4. The van der Waals surface area contributed by atoms with E-state index in [1.807, 2.05) is 22.2 Å². The molecule has 372 valence electrons. The lowest BCUT2D eigenvalue weighted by molar-refractivity contribution is -0.150. The Morgan fingerprint density at radius 3 is 1.59 bits per heavy atom. The molecule has 2 aromatic carbocycles. The highest BCUT2D eigenvalue weighted by Crippen LogP contribution is 2.70. The van der Waals surface area contributed by atoms with Gasteiger partial charge in [0.15, 0.2) is 0 Å². The van der Waals surface area contributed by atoms with E-state index in [1.165, 1.54) is 14.2 Å². The molecule has 16 nitrogen and oxygen atoms in total. The minimum absolute atomic E-state index is 0.0201. The van der Waals surface area contributed by atoms with E-state index in [-0.39, 0.29) is 70.7 Å². The second-order valence-corrected chi connectivity index (χ2v) is 22.4. The van der Waals surface area contributed by atoms with Crippen LogP contribution in [0.4, 0.5) is 9.59 Å². The molecule has 1 unspecified atom stereocenters. The number of imidazole rings is 2. The number of amides is 4. The number of hydrogen-bond donors (Lipinski definition) is 4. The van der Waals surface area contributed by atoms with Gasteiger partial charge in [0.05, 0.1) is 73.5 Å². The van der Waals surface area contributed by atoms with Crippen LogP contribution in [0.2, 0.25) is 0 Å². The molecule has 6 heterocycles. The van der Waals surface area contributed by atoms with Gasteiger partial charge in [-0.05, 0) is 133 Å². The van der Waals surface area contributed by atoms with E-state index in [2.05, 4.69) is 104 Å². The van der Waals surface area contributed by atoms with Gasteiger partial charge in [-0.25, -0.2) is 19.6 Å². The van der Waals surface area contributed by atoms with Crippen molar-refractivity contribution in [2.24, 2.45) is 16.7 Å². The summed E-state index contributed by atoms with van der Waals surface area (Å²) in [5.74, 6) is 1.49. The maximum absolute atomic E-state index is 14.8. The average Bonchev–Trinajstić information content (AvgIpc) is 4.19. The molecule has 4 aliphatic heterocycles. The first-order valence-electron chi connectivity index (χ1n) is 25.6. The molecule has 0 radical (unpaired) electrons. The van der Waals surface area contributed by atoms with Gasteiger partial charge in [0.2, 0.25) is 11.8 Å². The largest absolute Gasteiger partial charge is 0.453 e. The number of nitrogens with zero attached hydrogens (tertiary/aromatic N) is 4. The number of aromatic amines is 2. The topological polar surface area (TPSA) is 193 Å². The van der Waals surface area contributed by atoms with E-state index in [9.17, 15) is 19.2 Å². The Bertz CT molecular complexity index is 2510. The van der Waals surface area contributed by atoms with Gasteiger partial charge in [-0.1, -0.05) is 55.5 Å². The lowest BCUT2D eigenvalue weighted by Gasteiger charge is -2.47. The van der Waals surface area contributed by atoms with Crippen LogP contribution in [0, 0.1) is 16.7 Å². The van der Waals surface area contributed by atoms with Crippen molar-refractivity contribution in [1.29, 1.82) is 0 Å². The van der Waals surface area contributed by atoms with Gasteiger partial charge in [-0.15, -0.1) is 0 Å². The number of benzene rings is 2. The van der Waals surface area contributed by atoms with Gasteiger partial charge in [-0.2, -0.15) is 0 Å². The Labute approximate surface area is 409 Å². The molecule has 16 heteroatoms. The van der Waals surface area contributed by atoms with Gasteiger partial charge in [0.25, 0.3) is 0 Å². The van der Waals surface area contributed by atoms with Crippen LogP contribution >= 0.6 is 0 Å². The summed E-state index contributed by atoms with van der Waals surface area (Å²) in [4.78, 5) is 75.8. The quantitative estimate of drug-likeness (QED) is 0.113. The molecule has 7 fully saturated rings. The van der Waals surface area contributed by atoms with Crippen LogP contribution in [0.25, 0.3) is 33.6 Å². The molecular formula is C54H68N8O8. The average molecular weight is 957 g/mol. The highest BCUT2D eigenvalue weighted by Gasteiger charge is 2.72. The Kier molecular flexibility index (Phi) is 11.5. The third-order valence-electron chi connectivity index (χ3n) is 17.4. The fourth-order valence-electron chi connectivity index (χ4n) is 13.7. The summed E-state index contributed by atoms with van der Waals surface area (Å²) < 4.78 is 22.9. The molecule has 0 bridgehead atoms. The molecular weight excluding hydrogens is 889 g/mol. The smallest absolute Gasteiger partial charge is 0.407 e. The molecule has 4 amide bonds. The summed E-state index contributed by atoms with van der Waals surface area (Å²) >= 11 is 0. The van der Waals surface area contributed by atoms with Crippen LogP contribution in [-0.4, -0.2) is 116 Å². The summed E-state index contributed by atoms with van der Waals surface area (Å²) in [5.41, 5.74) is 4.55. The fraction of sp³-hybridized carbons (Fsp3) is 0.593. The van der Waals surface area contributed by atoms with Crippen LogP contribution in [0.1, 0.15) is 135 Å². The number of fused-ring (bicyclic) bond motifs is 1. The van der Waals surface area contributed by atoms with Gasteiger partial charge in [0.1, 0.15) is 23.7 Å². The van der Waals surface area contributed by atoms with E-state index in [4.69, 9.17) is 28.9 Å². The van der Waals surface area contributed by atoms with Crippen molar-refractivity contribution in [3.63, 3.8) is 0 Å². The second kappa shape index (κ2) is 17.2. The minimum Gasteiger partial charge on any atom is -0.453 e. The molecule has 3 aliphatic carbocycles. The van der Waals surface area contributed by atoms with Crippen molar-refractivity contribution in [2.75, 3.05) is 14.2 Å². The van der Waals surface area contributed by atoms with Crippen molar-refractivity contribution < 1.29 is 38.1 Å². The van der Waals surface area contributed by atoms with Crippen LogP contribution in [0.3, 0.4) is 0 Å². The number of H-pyrrole nitrogens is 2. The van der Waals surface area contributed by atoms with E-state index in [0.29, 0.717) is 12.8 Å². The number of nitrogens with one attached hydrogen (secondary N) is 4. The highest BCUT2D eigenvalue weighted by molar-refractivity contribution is 5.89. The molecule has 11 atom stereocenters. The predicted octanol–water partition coefficient (Wildman–Crippen LogP) is 8.77. The van der Waals surface area contributed by atoms with Crippen molar-refractivity contribution in [3.05, 3.63) is 72.6 Å². The number of likely N-dealkylation sites (tertiary alicyclic amines) is 2. The molecule has 2 spiro atoms. The monoisotopic (exact) mass is 957 g/mol. The molecule has 3 saturated carbocycles. The van der Waals surface area contributed by atoms with E-state index in [1.54, 1.807) is 0 Å². The molecule has 2 aromatic heterocycles. The lowest BCUT2D eigenvalue weighted by Crippen LogP contribution is -2.60. The lowest BCUT2D eigenvalue weighted by atomic mass is 9.70. The Hall–Kier alpha value is -5.74. The van der Waals surface area contributed by atoms with Crippen molar-refractivity contribution in [2.45, 2.75) is 171 Å². The van der Waals surface area contributed by atoms with Crippen LogP contribution in [0.15, 0.2) is 60.9 Å². The third-order valence-corrected chi connectivity index (χ3v) is 17.4. The van der Waals surface area contributed by atoms with Crippen LogP contribution < -0.4 is 10.6 Å². The molecule has 7 aliphatic rings. The third kappa shape index (κ3) is 8.25. The Balaban J connectivity index is 0.765. The summed E-state index contributed by atoms with van der Waals surface area (Å²) in [7, 11) is 2.68. The van der Waals surface area contributed by atoms with E-state index < -0.39 is 29.7 Å². The van der Waals surface area contributed by atoms with Crippen LogP contribution in [0.5, 0.6) is 0 Å². The number of aromatic nitrogens is 4. The van der Waals surface area contributed by atoms with Gasteiger partial charge in [0, 0.05) is 22.9 Å². The number of ether oxygens (including phenoxy) is 4. The zero-order valence-electron chi connectivity index (χ0n) is 41.5. The maximum Gasteiger partial charge on any atom is 0.407 e. The zero-order chi connectivity index (χ0) is 48.9. The number of carbonyl (C=O) groups is 4. The summed E-state index contributed by atoms with van der Waals surface area (Å²) in [6, 6.07) is 14.7. The standard InChI is InChI=1S/C54H68N8O8/c1-30-8-18-41(61(30)47(63)43(59-49(65)67-6)51(5)24-32(3)69-52(28-51)20-21-52)45-55-26-39(57-45)36-14-10-34(11-15-36)35-12-16-37(17-13-35)40-27-56-46(58-40)42-19-9-31(2)62(42)48(64)44(60-50(66)68-7)54-25-38(54)33(4)70-53(29-54)22-23-53/h10-17,26-27,30-33,38,41-44H,8-9,18-25,28-29H2,1-7H3,(H,55,57)(H,56,58)(H,59,65)(H,60,66)/t30-,31-,32?,33+,38+,41-,42-,43+,44+,51+,54+/m0/s1. The first-order valence-corrected chi connectivity index (χ1v) is 25.6. The number of alkyl carbamates (subject to hydrolysis) is 2. The Morgan fingerprint density at radius 1 is 0.643 bits per heavy atom. The summed E-state index contributed by atoms with van der Waals surface area (Å²) in [6.45, 7) is 10.4. The summed E-state index contributed by atoms with van der Waals surface area (Å²) in [5, 5.41) is 5.97. The van der Waals surface area contributed by atoms with Gasteiger partial charge in [-0.3, -0.25) is 9.59 Å².